The van der Waals surface area contributed by atoms with Crippen LogP contribution in [0, 0.1) is 6.92 Å². The summed E-state index contributed by atoms with van der Waals surface area (Å²) < 4.78 is 7.54. The number of amidine groups is 2. The maximum atomic E-state index is 6.60. The maximum absolute atomic E-state index is 6.60. The zero-order chi connectivity index (χ0) is 28.8. The molecule has 2 aliphatic rings. The van der Waals surface area contributed by atoms with Crippen molar-refractivity contribution in [3.63, 3.8) is 0 Å². The molecule has 0 aliphatic carbocycles. The zero-order valence-electron chi connectivity index (χ0n) is 22.9. The van der Waals surface area contributed by atoms with Crippen molar-refractivity contribution in [2.45, 2.75) is 19.9 Å². The number of hydrogen-bond acceptors (Lipinski definition) is 6. The number of aryl methyl sites for hydroxylation is 1. The van der Waals surface area contributed by atoms with Gasteiger partial charge in [-0.2, -0.15) is 5.10 Å². The van der Waals surface area contributed by atoms with Gasteiger partial charge in [0.15, 0.2) is 17.5 Å². The molecule has 1 aromatic heterocycles. The molecule has 3 heterocycles. The molecule has 7 nitrogen and oxygen atoms in total. The maximum Gasteiger partial charge on any atom is 0.179 e. The normalized spacial score (nSPS) is 15.2. The number of nitrogens with zero attached hydrogens (tertiary/aromatic N) is 5. The molecular weight excluding hydrogens is 567 g/mol. The highest BCUT2D eigenvalue weighted by Gasteiger charge is 2.41. The molecule has 0 bridgehead atoms. The van der Waals surface area contributed by atoms with E-state index < -0.39 is 0 Å². The van der Waals surface area contributed by atoms with Crippen molar-refractivity contribution in [2.75, 3.05) is 16.8 Å². The quantitative estimate of drug-likeness (QED) is 0.221. The molecule has 0 spiro atoms. The second-order valence-corrected chi connectivity index (χ2v) is 10.8. The van der Waals surface area contributed by atoms with Crippen LogP contribution in [0.25, 0.3) is 5.69 Å². The van der Waals surface area contributed by atoms with Crippen LogP contribution in [0.4, 0.5) is 22.9 Å². The van der Waals surface area contributed by atoms with Crippen molar-refractivity contribution in [3.8, 4) is 11.4 Å². The van der Waals surface area contributed by atoms with E-state index in [0.29, 0.717) is 28.3 Å². The summed E-state index contributed by atoms with van der Waals surface area (Å²) in [6.45, 7) is 4.60. The van der Waals surface area contributed by atoms with Crippen molar-refractivity contribution in [1.29, 1.82) is 0 Å². The first kappa shape index (κ1) is 26.3. The molecule has 7 rings (SSSR count). The van der Waals surface area contributed by atoms with E-state index in [0.717, 1.165) is 51.1 Å². The first-order chi connectivity index (χ1) is 20.5. The third-order valence-corrected chi connectivity index (χ3v) is 8.07. The number of aromatic nitrogens is 2. The summed E-state index contributed by atoms with van der Waals surface area (Å²) in [5.41, 5.74) is 6.36. The lowest BCUT2D eigenvalue weighted by atomic mass is 9.93. The van der Waals surface area contributed by atoms with Gasteiger partial charge in [0.1, 0.15) is 5.75 Å². The molecule has 4 aromatic carbocycles. The molecule has 0 amide bonds. The number of rotatable bonds is 5. The van der Waals surface area contributed by atoms with Crippen LogP contribution in [0.3, 0.4) is 0 Å². The third-order valence-electron chi connectivity index (χ3n) is 7.33. The number of halogens is 2. The van der Waals surface area contributed by atoms with Crippen LogP contribution in [-0.4, -0.2) is 28.1 Å². The van der Waals surface area contributed by atoms with E-state index in [9.17, 15) is 0 Å². The largest absolute Gasteiger partial charge is 0.494 e. The van der Waals surface area contributed by atoms with Gasteiger partial charge < -0.3 is 15.0 Å². The van der Waals surface area contributed by atoms with Crippen molar-refractivity contribution < 1.29 is 4.74 Å². The summed E-state index contributed by atoms with van der Waals surface area (Å²) in [6, 6.07) is 31.4. The summed E-state index contributed by atoms with van der Waals surface area (Å²) in [6.07, 6.45) is 0. The Morgan fingerprint density at radius 1 is 0.857 bits per heavy atom. The zero-order valence-corrected chi connectivity index (χ0v) is 24.4. The molecule has 9 heteroatoms. The fraction of sp³-hybridized carbons (Fsp3) is 0.121. The van der Waals surface area contributed by atoms with Gasteiger partial charge in [0.25, 0.3) is 0 Å². The number of para-hydroxylation sites is 3. The molecule has 1 unspecified atom stereocenters. The van der Waals surface area contributed by atoms with E-state index in [2.05, 4.69) is 16.3 Å². The fourth-order valence-corrected chi connectivity index (χ4v) is 5.79. The van der Waals surface area contributed by atoms with Crippen LogP contribution in [0.5, 0.6) is 5.75 Å². The second-order valence-electron chi connectivity index (χ2n) is 9.98. The van der Waals surface area contributed by atoms with Crippen LogP contribution in [-0.2, 0) is 0 Å². The van der Waals surface area contributed by atoms with Crippen molar-refractivity contribution in [1.82, 2.24) is 9.78 Å². The van der Waals surface area contributed by atoms with Gasteiger partial charge in [-0.25, -0.2) is 14.7 Å². The Labute approximate surface area is 253 Å². The lowest BCUT2D eigenvalue weighted by Gasteiger charge is -2.40. The minimum absolute atomic E-state index is 0.298. The fourth-order valence-electron chi connectivity index (χ4n) is 5.48. The minimum atomic E-state index is -0.298. The molecule has 0 radical (unpaired) electrons. The number of hydrogen-bond donors (Lipinski definition) is 1. The predicted octanol–water partition coefficient (Wildman–Crippen LogP) is 8.68. The third kappa shape index (κ3) is 4.51. The van der Waals surface area contributed by atoms with Crippen molar-refractivity contribution >= 4 is 57.8 Å². The molecule has 42 heavy (non-hydrogen) atoms. The Bertz CT molecular complexity index is 1860. The number of ether oxygens (including phenoxy) is 1. The Hall–Kier alpha value is -4.59. The van der Waals surface area contributed by atoms with Gasteiger partial charge in [-0.05, 0) is 80.1 Å². The Morgan fingerprint density at radius 2 is 1.62 bits per heavy atom. The average Bonchev–Trinajstić information content (AvgIpc) is 3.35. The highest BCUT2D eigenvalue weighted by molar-refractivity contribution is 6.51. The molecular formula is C33H26Cl2N6O. The number of benzene rings is 4. The highest BCUT2D eigenvalue weighted by Crippen LogP contribution is 2.48. The van der Waals surface area contributed by atoms with Gasteiger partial charge in [-0.15, -0.1) is 0 Å². The summed E-state index contributed by atoms with van der Waals surface area (Å²) in [5.74, 6) is 2.83. The van der Waals surface area contributed by atoms with Crippen LogP contribution in [0.15, 0.2) is 107 Å². The van der Waals surface area contributed by atoms with E-state index in [1.165, 1.54) is 0 Å². The van der Waals surface area contributed by atoms with E-state index in [1.54, 1.807) is 0 Å². The second kappa shape index (κ2) is 10.7. The van der Waals surface area contributed by atoms with Crippen LogP contribution < -0.4 is 15.0 Å². The number of nitrogens with one attached hydrogen (secondary N) is 1. The van der Waals surface area contributed by atoms with E-state index in [4.69, 9.17) is 43.0 Å². The number of aliphatic imine (C=N–C) groups is 2. The van der Waals surface area contributed by atoms with E-state index in [-0.39, 0.29) is 6.04 Å². The van der Waals surface area contributed by atoms with Gasteiger partial charge in [0.2, 0.25) is 0 Å². The Balaban J connectivity index is 1.46. The summed E-state index contributed by atoms with van der Waals surface area (Å²) in [7, 11) is 0. The molecule has 5 aromatic rings. The van der Waals surface area contributed by atoms with Gasteiger partial charge in [-0.3, -0.25) is 0 Å². The highest BCUT2D eigenvalue weighted by atomic mass is 35.5. The van der Waals surface area contributed by atoms with E-state index >= 15 is 0 Å². The molecule has 1 N–H and O–H groups in total. The minimum Gasteiger partial charge on any atom is -0.494 e. The first-order valence-corrected chi connectivity index (χ1v) is 14.4. The SMILES string of the molecule is CCOc1ccc(NC2=Nc3ccccc3N3C2=Nc2c(c(C)nn2-c2ccccc2)C3c2ccc(Cl)c(Cl)c2)cc1. The molecule has 0 fully saturated rings. The van der Waals surface area contributed by atoms with Gasteiger partial charge in [0, 0.05) is 11.3 Å². The summed E-state index contributed by atoms with van der Waals surface area (Å²) >= 11 is 13.0. The lowest BCUT2D eigenvalue weighted by Crippen LogP contribution is -2.46. The van der Waals surface area contributed by atoms with Crippen LogP contribution >= 0.6 is 23.2 Å². The smallest absolute Gasteiger partial charge is 0.179 e. The van der Waals surface area contributed by atoms with Crippen LogP contribution in [0.2, 0.25) is 10.0 Å². The molecule has 208 valence electrons. The summed E-state index contributed by atoms with van der Waals surface area (Å²) in [5, 5.41) is 9.49. The first-order valence-electron chi connectivity index (χ1n) is 13.7. The average molecular weight is 594 g/mol. The van der Waals surface area contributed by atoms with Crippen molar-refractivity contribution in [2.24, 2.45) is 9.98 Å². The number of anilines is 2. The van der Waals surface area contributed by atoms with Gasteiger partial charge >= 0.3 is 0 Å². The summed E-state index contributed by atoms with van der Waals surface area (Å²) in [4.78, 5) is 12.5. The standard InChI is InChI=1S/C33H26Cl2N6O/c1-3-42-24-16-14-22(15-17-24)36-31-33-38-32-29(20(2)39-41(32)23-9-5-4-6-10-23)30(21-13-18-25(34)26(35)19-21)40(33)28-12-8-7-11-27(28)37-31/h4-19,30H,3H2,1-2H3,(H,36,37). The molecule has 0 saturated carbocycles. The molecule has 2 aliphatic heterocycles. The Morgan fingerprint density at radius 3 is 2.38 bits per heavy atom. The van der Waals surface area contributed by atoms with Gasteiger partial charge in [-0.1, -0.05) is 59.6 Å². The van der Waals surface area contributed by atoms with E-state index in [1.807, 2.05) is 110 Å². The number of fused-ring (bicyclic) bond motifs is 4. The Kier molecular flexibility index (Phi) is 6.69. The lowest BCUT2D eigenvalue weighted by molar-refractivity contribution is 0.340. The van der Waals surface area contributed by atoms with Crippen molar-refractivity contribution in [3.05, 3.63) is 124 Å². The monoisotopic (exact) mass is 592 g/mol. The molecule has 1 atom stereocenters. The topological polar surface area (TPSA) is 67.0 Å². The molecule has 0 saturated heterocycles. The van der Waals surface area contributed by atoms with Gasteiger partial charge in [0.05, 0.1) is 45.5 Å². The van der Waals surface area contributed by atoms with Crippen LogP contribution in [0.1, 0.15) is 29.8 Å². The predicted molar refractivity (Wildman–Crippen MR) is 171 cm³/mol.